The number of rotatable bonds is 3. The van der Waals surface area contributed by atoms with E-state index in [0.717, 1.165) is 28.9 Å². The Morgan fingerprint density at radius 2 is 2.27 bits per heavy atom. The lowest BCUT2D eigenvalue weighted by molar-refractivity contribution is 0.0729. The van der Waals surface area contributed by atoms with Gasteiger partial charge in [0.05, 0.1) is 5.01 Å². The summed E-state index contributed by atoms with van der Waals surface area (Å²) in [5, 5.41) is 2.77. The number of halogens is 2. The highest BCUT2D eigenvalue weighted by molar-refractivity contribution is 9.10. The van der Waals surface area contributed by atoms with Crippen LogP contribution in [0.4, 0.5) is 0 Å². The number of nitrogens with two attached hydrogens (primary N) is 1. The largest absolute Gasteiger partial charge is 0.333 e. The van der Waals surface area contributed by atoms with Crippen molar-refractivity contribution in [2.75, 3.05) is 13.1 Å². The van der Waals surface area contributed by atoms with Crippen molar-refractivity contribution >= 4 is 45.6 Å². The van der Waals surface area contributed by atoms with E-state index >= 15 is 0 Å². The molecule has 22 heavy (non-hydrogen) atoms. The van der Waals surface area contributed by atoms with Gasteiger partial charge in [-0.2, -0.15) is 0 Å². The Balaban J connectivity index is 0.00000176. The van der Waals surface area contributed by atoms with Gasteiger partial charge in [0.15, 0.2) is 0 Å². The average Bonchev–Trinajstić information content (AvgIpc) is 2.96. The Morgan fingerprint density at radius 3 is 3.05 bits per heavy atom. The van der Waals surface area contributed by atoms with Crippen LogP contribution in [0.15, 0.2) is 28.1 Å². The molecule has 118 valence electrons. The first kappa shape index (κ1) is 17.4. The summed E-state index contributed by atoms with van der Waals surface area (Å²) in [4.78, 5) is 18.8. The summed E-state index contributed by atoms with van der Waals surface area (Å²) in [6.45, 7) is 1.94. The molecule has 1 aromatic heterocycles. The number of hydrogen-bond acceptors (Lipinski definition) is 4. The van der Waals surface area contributed by atoms with E-state index < -0.39 is 0 Å². The maximum absolute atomic E-state index is 12.6. The van der Waals surface area contributed by atoms with Crippen molar-refractivity contribution in [1.29, 1.82) is 0 Å². The molecule has 0 radical (unpaired) electrons. The summed E-state index contributed by atoms with van der Waals surface area (Å²) in [6.07, 6.45) is 1.62. The van der Waals surface area contributed by atoms with E-state index in [-0.39, 0.29) is 18.3 Å². The van der Waals surface area contributed by atoms with E-state index in [1.807, 2.05) is 22.4 Å². The minimum absolute atomic E-state index is 0. The molecule has 0 saturated carbocycles. The summed E-state index contributed by atoms with van der Waals surface area (Å²) in [7, 11) is 0. The molecule has 2 N–H and O–H groups in total. The van der Waals surface area contributed by atoms with Crippen LogP contribution in [0.2, 0.25) is 0 Å². The number of carbonyl (C=O) groups is 1. The van der Waals surface area contributed by atoms with Gasteiger partial charge in [-0.15, -0.1) is 23.7 Å². The van der Waals surface area contributed by atoms with Crippen molar-refractivity contribution in [3.8, 4) is 0 Å². The molecule has 1 amide bonds. The number of benzene rings is 1. The van der Waals surface area contributed by atoms with Crippen LogP contribution in [-0.4, -0.2) is 28.9 Å². The number of hydrogen-bond donors (Lipinski definition) is 1. The molecule has 0 aliphatic carbocycles. The monoisotopic (exact) mass is 401 g/mol. The Hall–Kier alpha value is -0.950. The van der Waals surface area contributed by atoms with Gasteiger partial charge in [-0.25, -0.2) is 4.98 Å². The van der Waals surface area contributed by atoms with Crippen LogP contribution in [0.3, 0.4) is 0 Å². The molecular weight excluding hydrogens is 386 g/mol. The molecule has 0 atom stereocenters. The maximum Gasteiger partial charge on any atom is 0.273 e. The van der Waals surface area contributed by atoms with Gasteiger partial charge in [0, 0.05) is 29.4 Å². The Labute approximate surface area is 148 Å². The lowest BCUT2D eigenvalue weighted by atomic mass is 10.00. The number of thiazole rings is 1. The van der Waals surface area contributed by atoms with Crippen molar-refractivity contribution < 1.29 is 4.79 Å². The highest BCUT2D eigenvalue weighted by Crippen LogP contribution is 2.27. The SMILES string of the molecule is Cl.NCCc1nc(C(=O)N2CCc3cccc(Br)c3C2)cs1. The van der Waals surface area contributed by atoms with Gasteiger partial charge in [-0.1, -0.05) is 28.1 Å². The molecule has 0 spiro atoms. The van der Waals surface area contributed by atoms with Crippen molar-refractivity contribution in [3.05, 3.63) is 49.9 Å². The fourth-order valence-corrected chi connectivity index (χ4v) is 3.84. The van der Waals surface area contributed by atoms with Crippen LogP contribution in [-0.2, 0) is 19.4 Å². The summed E-state index contributed by atoms with van der Waals surface area (Å²) in [5.74, 6) is 0.0101. The van der Waals surface area contributed by atoms with Crippen molar-refractivity contribution in [2.24, 2.45) is 5.73 Å². The lowest BCUT2D eigenvalue weighted by Gasteiger charge is -2.29. The minimum Gasteiger partial charge on any atom is -0.333 e. The summed E-state index contributed by atoms with van der Waals surface area (Å²) >= 11 is 5.08. The smallest absolute Gasteiger partial charge is 0.273 e. The van der Waals surface area contributed by atoms with Gasteiger partial charge < -0.3 is 10.6 Å². The van der Waals surface area contributed by atoms with E-state index in [1.54, 1.807) is 0 Å². The molecule has 2 aromatic rings. The van der Waals surface area contributed by atoms with Crippen LogP contribution in [0.1, 0.15) is 26.6 Å². The molecule has 0 saturated heterocycles. The first-order valence-corrected chi connectivity index (χ1v) is 8.56. The first-order chi connectivity index (χ1) is 10.2. The summed E-state index contributed by atoms with van der Waals surface area (Å²) < 4.78 is 1.07. The fourth-order valence-electron chi connectivity index (χ4n) is 2.52. The molecule has 1 aliphatic rings. The van der Waals surface area contributed by atoms with Crippen LogP contribution in [0, 0.1) is 0 Å². The predicted molar refractivity (Wildman–Crippen MR) is 94.7 cm³/mol. The number of nitrogens with zero attached hydrogens (tertiary/aromatic N) is 2. The second-order valence-corrected chi connectivity index (χ2v) is 6.82. The Bertz CT molecular complexity index is 677. The third-order valence-corrected chi connectivity index (χ3v) is 5.28. The highest BCUT2D eigenvalue weighted by atomic mass is 79.9. The molecule has 2 heterocycles. The third-order valence-electron chi connectivity index (χ3n) is 3.63. The maximum atomic E-state index is 12.6. The normalized spacial score (nSPS) is 13.5. The van der Waals surface area contributed by atoms with Gasteiger partial charge in [0.25, 0.3) is 5.91 Å². The van der Waals surface area contributed by atoms with Crippen molar-refractivity contribution in [3.63, 3.8) is 0 Å². The Morgan fingerprint density at radius 1 is 1.45 bits per heavy atom. The van der Waals surface area contributed by atoms with Crippen LogP contribution in [0.25, 0.3) is 0 Å². The fraction of sp³-hybridized carbons (Fsp3) is 0.333. The molecule has 0 unspecified atom stereocenters. The molecule has 1 aromatic carbocycles. The lowest BCUT2D eigenvalue weighted by Crippen LogP contribution is -2.36. The number of fused-ring (bicyclic) bond motifs is 1. The van der Waals surface area contributed by atoms with Gasteiger partial charge in [0.2, 0.25) is 0 Å². The number of carbonyl (C=O) groups excluding carboxylic acids is 1. The van der Waals surface area contributed by atoms with E-state index in [2.05, 4.69) is 27.0 Å². The molecule has 4 nitrogen and oxygen atoms in total. The van der Waals surface area contributed by atoms with Crippen LogP contribution in [0.5, 0.6) is 0 Å². The zero-order valence-corrected chi connectivity index (χ0v) is 15.1. The third kappa shape index (κ3) is 3.51. The second-order valence-electron chi connectivity index (χ2n) is 5.02. The molecule has 0 bridgehead atoms. The zero-order chi connectivity index (χ0) is 14.8. The van der Waals surface area contributed by atoms with E-state index in [0.29, 0.717) is 18.8 Å². The van der Waals surface area contributed by atoms with Crippen molar-refractivity contribution in [1.82, 2.24) is 9.88 Å². The Kier molecular flexibility index (Phi) is 5.97. The summed E-state index contributed by atoms with van der Waals surface area (Å²) in [5.41, 5.74) is 8.58. The number of aromatic nitrogens is 1. The molecular formula is C15H17BrClN3OS. The van der Waals surface area contributed by atoms with Gasteiger partial charge in [-0.3, -0.25) is 4.79 Å². The topological polar surface area (TPSA) is 59.2 Å². The predicted octanol–water partition coefficient (Wildman–Crippen LogP) is 3.03. The zero-order valence-electron chi connectivity index (χ0n) is 11.9. The van der Waals surface area contributed by atoms with E-state index in [9.17, 15) is 4.79 Å². The average molecular weight is 403 g/mol. The van der Waals surface area contributed by atoms with E-state index in [4.69, 9.17) is 5.73 Å². The molecule has 7 heteroatoms. The number of amides is 1. The first-order valence-electron chi connectivity index (χ1n) is 6.89. The van der Waals surface area contributed by atoms with Gasteiger partial charge in [-0.05, 0) is 30.2 Å². The van der Waals surface area contributed by atoms with Crippen LogP contribution < -0.4 is 5.73 Å². The molecule has 1 aliphatic heterocycles. The quantitative estimate of drug-likeness (QED) is 0.858. The minimum atomic E-state index is 0. The summed E-state index contributed by atoms with van der Waals surface area (Å²) in [6, 6.07) is 6.19. The van der Waals surface area contributed by atoms with E-state index in [1.165, 1.54) is 22.5 Å². The van der Waals surface area contributed by atoms with Crippen LogP contribution >= 0.6 is 39.7 Å². The molecule has 3 rings (SSSR count). The second kappa shape index (κ2) is 7.55. The standard InChI is InChI=1S/C15H16BrN3OS.ClH/c16-12-3-1-2-10-5-7-19(8-11(10)12)15(20)13-9-21-14(18-13)4-6-17;/h1-3,9H,4-8,17H2;1H. The highest BCUT2D eigenvalue weighted by Gasteiger charge is 2.24. The van der Waals surface area contributed by atoms with Gasteiger partial charge in [0.1, 0.15) is 5.69 Å². The van der Waals surface area contributed by atoms with Gasteiger partial charge >= 0.3 is 0 Å². The molecule has 0 fully saturated rings. The van der Waals surface area contributed by atoms with Crippen molar-refractivity contribution in [2.45, 2.75) is 19.4 Å².